The number of benzene rings is 1. The Hall–Kier alpha value is -1.61. The number of aromatic nitrogens is 1. The predicted molar refractivity (Wildman–Crippen MR) is 105 cm³/mol. The zero-order chi connectivity index (χ0) is 15.9. The second kappa shape index (κ2) is 9.63. The van der Waals surface area contributed by atoms with Gasteiger partial charge in [0.05, 0.1) is 18.3 Å². The molecule has 1 aliphatic heterocycles. The molecule has 6 nitrogen and oxygen atoms in total. The highest BCUT2D eigenvalue weighted by Gasteiger charge is 2.15. The first kappa shape index (κ1) is 18.7. The van der Waals surface area contributed by atoms with E-state index in [1.165, 1.54) is 0 Å². The number of ether oxygens (including phenoxy) is 1. The van der Waals surface area contributed by atoms with E-state index in [0.717, 1.165) is 43.2 Å². The highest BCUT2D eigenvalue weighted by molar-refractivity contribution is 14.0. The third-order valence-corrected chi connectivity index (χ3v) is 3.75. The summed E-state index contributed by atoms with van der Waals surface area (Å²) in [6, 6.07) is 9.86. The molecule has 0 radical (unpaired) electrons. The molecule has 0 amide bonds. The summed E-state index contributed by atoms with van der Waals surface area (Å²) >= 11 is 0. The van der Waals surface area contributed by atoms with Crippen molar-refractivity contribution in [3.8, 4) is 11.5 Å². The van der Waals surface area contributed by atoms with Crippen molar-refractivity contribution in [2.45, 2.75) is 25.5 Å². The molecule has 3 rings (SSSR count). The minimum absolute atomic E-state index is 0. The molecule has 1 aliphatic rings. The van der Waals surface area contributed by atoms with Gasteiger partial charge in [-0.05, 0) is 25.0 Å². The van der Waals surface area contributed by atoms with Gasteiger partial charge in [0.2, 0.25) is 5.89 Å². The maximum Gasteiger partial charge on any atom is 0.226 e. The minimum atomic E-state index is 0. The van der Waals surface area contributed by atoms with Gasteiger partial charge in [-0.15, -0.1) is 24.0 Å². The zero-order valence-corrected chi connectivity index (χ0v) is 16.0. The SMILES string of the molecule is CN=C(NCc1coc(-c2ccccc2)n1)NCC1CCCO1.I. The molecule has 0 bridgehead atoms. The zero-order valence-electron chi connectivity index (χ0n) is 13.7. The third-order valence-electron chi connectivity index (χ3n) is 3.75. The molecular formula is C17H23IN4O2. The summed E-state index contributed by atoms with van der Waals surface area (Å²) in [4.78, 5) is 8.70. The van der Waals surface area contributed by atoms with E-state index in [4.69, 9.17) is 9.15 Å². The smallest absolute Gasteiger partial charge is 0.226 e. The molecule has 0 aliphatic carbocycles. The number of nitrogens with zero attached hydrogens (tertiary/aromatic N) is 2. The van der Waals surface area contributed by atoms with Crippen molar-refractivity contribution < 1.29 is 9.15 Å². The van der Waals surface area contributed by atoms with Gasteiger partial charge in [0.25, 0.3) is 0 Å². The number of hydrogen-bond acceptors (Lipinski definition) is 4. The van der Waals surface area contributed by atoms with Gasteiger partial charge < -0.3 is 19.8 Å². The highest BCUT2D eigenvalue weighted by Crippen LogP contribution is 2.17. The van der Waals surface area contributed by atoms with Crippen LogP contribution < -0.4 is 10.6 Å². The Morgan fingerprint density at radius 3 is 2.83 bits per heavy atom. The lowest BCUT2D eigenvalue weighted by Crippen LogP contribution is -2.40. The summed E-state index contributed by atoms with van der Waals surface area (Å²) in [7, 11) is 1.75. The van der Waals surface area contributed by atoms with Crippen LogP contribution in [0.15, 0.2) is 46.0 Å². The van der Waals surface area contributed by atoms with Crippen LogP contribution in [0.4, 0.5) is 0 Å². The summed E-state index contributed by atoms with van der Waals surface area (Å²) < 4.78 is 11.1. The standard InChI is InChI=1S/C17H22N4O2.HI/c1-18-17(20-11-15-8-5-9-22-15)19-10-14-12-23-16(21-14)13-6-3-2-4-7-13;/h2-4,6-7,12,15H,5,8-11H2,1H3,(H2,18,19,20);1H. The number of guanidine groups is 1. The molecule has 0 saturated carbocycles. The van der Waals surface area contributed by atoms with Gasteiger partial charge in [-0.25, -0.2) is 4.98 Å². The normalized spacial score (nSPS) is 17.4. The summed E-state index contributed by atoms with van der Waals surface area (Å²) in [5, 5.41) is 6.51. The van der Waals surface area contributed by atoms with Crippen molar-refractivity contribution in [1.82, 2.24) is 15.6 Å². The van der Waals surface area contributed by atoms with Crippen LogP contribution in [0.25, 0.3) is 11.5 Å². The molecule has 1 saturated heterocycles. The molecule has 0 spiro atoms. The van der Waals surface area contributed by atoms with Crippen LogP contribution in [0.3, 0.4) is 0 Å². The van der Waals surface area contributed by atoms with E-state index >= 15 is 0 Å². The van der Waals surface area contributed by atoms with Gasteiger partial charge >= 0.3 is 0 Å². The average molecular weight is 442 g/mol. The first-order valence-electron chi connectivity index (χ1n) is 7.91. The second-order valence-corrected chi connectivity index (χ2v) is 5.45. The van der Waals surface area contributed by atoms with Crippen molar-refractivity contribution in [2.75, 3.05) is 20.2 Å². The van der Waals surface area contributed by atoms with E-state index in [-0.39, 0.29) is 30.1 Å². The number of rotatable bonds is 5. The van der Waals surface area contributed by atoms with Crippen LogP contribution in [0, 0.1) is 0 Å². The van der Waals surface area contributed by atoms with Gasteiger partial charge in [0, 0.05) is 25.8 Å². The first-order valence-corrected chi connectivity index (χ1v) is 7.91. The topological polar surface area (TPSA) is 71.7 Å². The molecule has 2 aromatic rings. The van der Waals surface area contributed by atoms with Crippen LogP contribution in [0.5, 0.6) is 0 Å². The number of aliphatic imine (C=N–C) groups is 1. The van der Waals surface area contributed by atoms with E-state index < -0.39 is 0 Å². The molecule has 7 heteroatoms. The quantitative estimate of drug-likeness (QED) is 0.424. The highest BCUT2D eigenvalue weighted by atomic mass is 127. The number of nitrogens with one attached hydrogen (secondary N) is 2. The molecular weight excluding hydrogens is 419 g/mol. The van der Waals surface area contributed by atoms with Gasteiger partial charge in [-0.1, -0.05) is 18.2 Å². The Morgan fingerprint density at radius 1 is 1.29 bits per heavy atom. The molecule has 2 heterocycles. The van der Waals surface area contributed by atoms with Gasteiger partial charge in [-0.2, -0.15) is 0 Å². The van der Waals surface area contributed by atoms with E-state index in [1.807, 2.05) is 30.3 Å². The van der Waals surface area contributed by atoms with E-state index in [9.17, 15) is 0 Å². The number of hydrogen-bond donors (Lipinski definition) is 2. The van der Waals surface area contributed by atoms with Crippen molar-refractivity contribution in [1.29, 1.82) is 0 Å². The Morgan fingerprint density at radius 2 is 2.12 bits per heavy atom. The molecule has 1 aromatic heterocycles. The summed E-state index contributed by atoms with van der Waals surface area (Å²) in [5.74, 6) is 1.37. The monoisotopic (exact) mass is 442 g/mol. The molecule has 1 aromatic carbocycles. The van der Waals surface area contributed by atoms with Crippen molar-refractivity contribution >= 4 is 29.9 Å². The Balaban J connectivity index is 0.00000208. The lowest BCUT2D eigenvalue weighted by Gasteiger charge is -2.14. The maximum absolute atomic E-state index is 5.59. The van der Waals surface area contributed by atoms with E-state index in [2.05, 4.69) is 20.6 Å². The largest absolute Gasteiger partial charge is 0.444 e. The molecule has 2 N–H and O–H groups in total. The summed E-state index contributed by atoms with van der Waals surface area (Å²) in [5.41, 5.74) is 1.81. The average Bonchev–Trinajstić information content (AvgIpc) is 3.27. The first-order chi connectivity index (χ1) is 11.3. The maximum atomic E-state index is 5.59. The molecule has 24 heavy (non-hydrogen) atoms. The third kappa shape index (κ3) is 5.20. The van der Waals surface area contributed by atoms with Crippen LogP contribution in [0.2, 0.25) is 0 Å². The van der Waals surface area contributed by atoms with Gasteiger partial charge in [-0.3, -0.25) is 4.99 Å². The van der Waals surface area contributed by atoms with E-state index in [0.29, 0.717) is 12.4 Å². The van der Waals surface area contributed by atoms with Gasteiger partial charge in [0.15, 0.2) is 5.96 Å². The van der Waals surface area contributed by atoms with E-state index in [1.54, 1.807) is 13.3 Å². The predicted octanol–water partition coefficient (Wildman–Crippen LogP) is 2.80. The van der Waals surface area contributed by atoms with Crippen LogP contribution in [-0.4, -0.2) is 37.2 Å². The van der Waals surface area contributed by atoms with Crippen LogP contribution in [-0.2, 0) is 11.3 Å². The fourth-order valence-electron chi connectivity index (χ4n) is 2.51. The number of oxazole rings is 1. The summed E-state index contributed by atoms with van der Waals surface area (Å²) in [6.07, 6.45) is 4.20. The summed E-state index contributed by atoms with van der Waals surface area (Å²) in [6.45, 7) is 2.19. The lowest BCUT2D eigenvalue weighted by molar-refractivity contribution is 0.114. The fourth-order valence-corrected chi connectivity index (χ4v) is 2.51. The molecule has 1 unspecified atom stereocenters. The van der Waals surface area contributed by atoms with Crippen molar-refractivity contribution in [3.63, 3.8) is 0 Å². The molecule has 130 valence electrons. The minimum Gasteiger partial charge on any atom is -0.444 e. The Bertz CT molecular complexity index is 639. The Kier molecular flexibility index (Phi) is 7.51. The van der Waals surface area contributed by atoms with Crippen molar-refractivity contribution in [3.05, 3.63) is 42.3 Å². The van der Waals surface area contributed by atoms with Gasteiger partial charge in [0.1, 0.15) is 6.26 Å². The lowest BCUT2D eigenvalue weighted by atomic mass is 10.2. The van der Waals surface area contributed by atoms with Crippen molar-refractivity contribution in [2.24, 2.45) is 4.99 Å². The fraction of sp³-hybridized carbons (Fsp3) is 0.412. The molecule has 1 fully saturated rings. The van der Waals surface area contributed by atoms with Crippen LogP contribution >= 0.6 is 24.0 Å². The Labute approximate surface area is 159 Å². The van der Waals surface area contributed by atoms with Crippen LogP contribution in [0.1, 0.15) is 18.5 Å². The second-order valence-electron chi connectivity index (χ2n) is 5.45. The molecule has 1 atom stereocenters. The number of halogens is 1.